The number of benzene rings is 2. The monoisotopic (exact) mass is 433 g/mol. The van der Waals surface area contributed by atoms with Crippen molar-refractivity contribution in [3.8, 4) is 0 Å². The number of amides is 3. The molecule has 3 heterocycles. The van der Waals surface area contributed by atoms with Crippen LogP contribution in [-0.4, -0.2) is 48.0 Å². The van der Waals surface area contributed by atoms with E-state index in [-0.39, 0.29) is 29.9 Å². The van der Waals surface area contributed by atoms with Gasteiger partial charge in [0.15, 0.2) is 5.72 Å². The van der Waals surface area contributed by atoms with Gasteiger partial charge in [-0.3, -0.25) is 4.79 Å². The maximum Gasteiger partial charge on any atom is 0.320 e. The van der Waals surface area contributed by atoms with Crippen molar-refractivity contribution < 1.29 is 14.3 Å². The van der Waals surface area contributed by atoms with Gasteiger partial charge in [-0.05, 0) is 43.7 Å². The zero-order valence-electron chi connectivity index (χ0n) is 18.8. The first-order valence-electron chi connectivity index (χ1n) is 11.6. The van der Waals surface area contributed by atoms with Gasteiger partial charge in [0.05, 0.1) is 12.0 Å². The molecular formula is C26H31N3O3. The molecule has 2 aromatic rings. The van der Waals surface area contributed by atoms with E-state index in [0.29, 0.717) is 6.54 Å². The van der Waals surface area contributed by atoms with Gasteiger partial charge in [-0.1, -0.05) is 54.6 Å². The predicted octanol–water partition coefficient (Wildman–Crippen LogP) is 3.83. The van der Waals surface area contributed by atoms with Crippen LogP contribution in [0.4, 0.5) is 4.79 Å². The standard InChI is InChI=1S/C26H31N3O3/c1-26(32-2,19-10-4-3-5-11-19)27-25(31)29-15-8-13-21-23(29)17-22-20-12-7-6-9-18(20)14-16-28(22)24(21)30/h3-7,9-12,21-23H,8,13-17H2,1-2H3,(H,27,31)/t21-,22-,23-,26-/m1/s1. The molecule has 0 aliphatic carbocycles. The molecule has 0 radical (unpaired) electrons. The lowest BCUT2D eigenvalue weighted by Crippen LogP contribution is -2.62. The first-order valence-corrected chi connectivity index (χ1v) is 11.6. The Morgan fingerprint density at radius 3 is 2.62 bits per heavy atom. The summed E-state index contributed by atoms with van der Waals surface area (Å²) in [7, 11) is 1.60. The second kappa shape index (κ2) is 8.24. The van der Waals surface area contributed by atoms with E-state index in [1.165, 1.54) is 11.1 Å². The number of urea groups is 1. The third-order valence-corrected chi connectivity index (χ3v) is 7.60. The number of carbonyl (C=O) groups excluding carboxylic acids is 2. The van der Waals surface area contributed by atoms with Crippen LogP contribution >= 0.6 is 0 Å². The third-order valence-electron chi connectivity index (χ3n) is 7.60. The Labute approximate surface area is 189 Å². The normalized spacial score (nSPS) is 26.4. The molecule has 168 valence electrons. The first-order chi connectivity index (χ1) is 15.5. The summed E-state index contributed by atoms with van der Waals surface area (Å²) in [6.07, 6.45) is 3.38. The lowest BCUT2D eigenvalue weighted by atomic mass is 9.76. The van der Waals surface area contributed by atoms with Crippen molar-refractivity contribution in [2.45, 2.75) is 50.4 Å². The summed E-state index contributed by atoms with van der Waals surface area (Å²) in [5.74, 6) is 0.0809. The van der Waals surface area contributed by atoms with Gasteiger partial charge in [0.25, 0.3) is 0 Å². The molecule has 1 N–H and O–H groups in total. The second-order valence-electron chi connectivity index (χ2n) is 9.27. The van der Waals surface area contributed by atoms with Gasteiger partial charge in [-0.15, -0.1) is 0 Å². The zero-order valence-corrected chi connectivity index (χ0v) is 18.8. The molecule has 2 fully saturated rings. The number of likely N-dealkylation sites (tertiary alicyclic amines) is 1. The molecule has 0 aromatic heterocycles. The fourth-order valence-electron chi connectivity index (χ4n) is 5.77. The van der Waals surface area contributed by atoms with Crippen LogP contribution in [0.3, 0.4) is 0 Å². The van der Waals surface area contributed by atoms with Gasteiger partial charge in [0, 0.05) is 31.8 Å². The first kappa shape index (κ1) is 21.0. The van der Waals surface area contributed by atoms with Crippen molar-refractivity contribution in [2.75, 3.05) is 20.2 Å². The van der Waals surface area contributed by atoms with Crippen LogP contribution in [0, 0.1) is 5.92 Å². The number of methoxy groups -OCH3 is 1. The van der Waals surface area contributed by atoms with Gasteiger partial charge in [-0.2, -0.15) is 0 Å². The van der Waals surface area contributed by atoms with Gasteiger partial charge in [0.1, 0.15) is 0 Å². The summed E-state index contributed by atoms with van der Waals surface area (Å²) >= 11 is 0. The summed E-state index contributed by atoms with van der Waals surface area (Å²) in [5.41, 5.74) is 2.51. The Balaban J connectivity index is 1.41. The molecule has 4 atom stereocenters. The zero-order chi connectivity index (χ0) is 22.3. The molecule has 6 heteroatoms. The fraction of sp³-hybridized carbons (Fsp3) is 0.462. The third kappa shape index (κ3) is 3.47. The number of nitrogens with one attached hydrogen (secondary N) is 1. The van der Waals surface area contributed by atoms with Crippen LogP contribution in [0.1, 0.15) is 48.9 Å². The van der Waals surface area contributed by atoms with Gasteiger partial charge >= 0.3 is 6.03 Å². The smallest absolute Gasteiger partial charge is 0.320 e. The average Bonchev–Trinajstić information content (AvgIpc) is 2.84. The van der Waals surface area contributed by atoms with E-state index in [1.54, 1.807) is 7.11 Å². The van der Waals surface area contributed by atoms with Crippen molar-refractivity contribution in [2.24, 2.45) is 5.92 Å². The largest absolute Gasteiger partial charge is 0.355 e. The van der Waals surface area contributed by atoms with Crippen molar-refractivity contribution in [3.05, 3.63) is 71.3 Å². The summed E-state index contributed by atoms with van der Waals surface area (Å²) in [6, 6.07) is 17.9. The Hall–Kier alpha value is -2.86. The summed E-state index contributed by atoms with van der Waals surface area (Å²) in [5, 5.41) is 3.11. The number of nitrogens with zero attached hydrogens (tertiary/aromatic N) is 2. The SMILES string of the molecule is CO[C@@](C)(NC(=O)N1CCC[C@H]2C(=O)N3CCc4ccccc4[C@H]3C[C@H]21)c1ccccc1. The van der Waals surface area contributed by atoms with E-state index in [0.717, 1.165) is 37.8 Å². The molecule has 3 amide bonds. The Kier molecular flexibility index (Phi) is 5.41. The molecule has 0 bridgehead atoms. The maximum atomic E-state index is 13.5. The maximum absolute atomic E-state index is 13.5. The van der Waals surface area contributed by atoms with Crippen LogP contribution in [-0.2, 0) is 21.7 Å². The molecule has 0 spiro atoms. The highest BCUT2D eigenvalue weighted by Crippen LogP contribution is 2.43. The molecule has 3 aliphatic heterocycles. The molecule has 2 saturated heterocycles. The van der Waals surface area contributed by atoms with Crippen molar-refractivity contribution >= 4 is 11.9 Å². The number of hydrogen-bond acceptors (Lipinski definition) is 3. The predicted molar refractivity (Wildman–Crippen MR) is 122 cm³/mol. The van der Waals surface area contributed by atoms with E-state index in [4.69, 9.17) is 4.74 Å². The Morgan fingerprint density at radius 2 is 1.84 bits per heavy atom. The molecule has 6 nitrogen and oxygen atoms in total. The lowest BCUT2D eigenvalue weighted by molar-refractivity contribution is -0.148. The molecule has 5 rings (SSSR count). The van der Waals surface area contributed by atoms with Gasteiger partial charge < -0.3 is 19.9 Å². The highest BCUT2D eigenvalue weighted by molar-refractivity contribution is 5.84. The minimum Gasteiger partial charge on any atom is -0.355 e. The number of hydrogen-bond donors (Lipinski definition) is 1. The number of ether oxygens (including phenoxy) is 1. The fourth-order valence-corrected chi connectivity index (χ4v) is 5.77. The van der Waals surface area contributed by atoms with Crippen LogP contribution in [0.15, 0.2) is 54.6 Å². The summed E-state index contributed by atoms with van der Waals surface area (Å²) < 4.78 is 5.74. The number of piperidine rings is 2. The number of rotatable bonds is 3. The average molecular weight is 434 g/mol. The van der Waals surface area contributed by atoms with Crippen LogP contribution in [0.2, 0.25) is 0 Å². The van der Waals surface area contributed by atoms with E-state index in [9.17, 15) is 9.59 Å². The molecule has 32 heavy (non-hydrogen) atoms. The van der Waals surface area contributed by atoms with E-state index in [2.05, 4.69) is 28.4 Å². The Bertz CT molecular complexity index is 1010. The molecule has 0 saturated carbocycles. The minimum absolute atomic E-state index is 0.0463. The molecular weight excluding hydrogens is 402 g/mol. The minimum atomic E-state index is -0.937. The topological polar surface area (TPSA) is 61.9 Å². The molecule has 0 unspecified atom stereocenters. The number of fused-ring (bicyclic) bond motifs is 4. The lowest BCUT2D eigenvalue weighted by Gasteiger charge is -2.51. The molecule has 3 aliphatic rings. The Morgan fingerprint density at radius 1 is 1.09 bits per heavy atom. The highest BCUT2D eigenvalue weighted by atomic mass is 16.5. The quantitative estimate of drug-likeness (QED) is 0.749. The molecule has 2 aromatic carbocycles. The van der Waals surface area contributed by atoms with Crippen molar-refractivity contribution in [3.63, 3.8) is 0 Å². The summed E-state index contributed by atoms with van der Waals surface area (Å²) in [6.45, 7) is 3.29. The van der Waals surface area contributed by atoms with Crippen LogP contribution < -0.4 is 5.32 Å². The number of carbonyl (C=O) groups is 2. The van der Waals surface area contributed by atoms with Crippen molar-refractivity contribution in [1.29, 1.82) is 0 Å². The summed E-state index contributed by atoms with van der Waals surface area (Å²) in [4.78, 5) is 31.0. The van der Waals surface area contributed by atoms with E-state index in [1.807, 2.05) is 48.2 Å². The van der Waals surface area contributed by atoms with Gasteiger partial charge in [0.2, 0.25) is 5.91 Å². The second-order valence-corrected chi connectivity index (χ2v) is 9.27. The van der Waals surface area contributed by atoms with Crippen LogP contribution in [0.25, 0.3) is 0 Å². The van der Waals surface area contributed by atoms with E-state index < -0.39 is 5.72 Å². The van der Waals surface area contributed by atoms with Crippen LogP contribution in [0.5, 0.6) is 0 Å². The van der Waals surface area contributed by atoms with Crippen molar-refractivity contribution in [1.82, 2.24) is 15.1 Å². The van der Waals surface area contributed by atoms with E-state index >= 15 is 0 Å². The highest BCUT2D eigenvalue weighted by Gasteiger charge is 2.49. The van der Waals surface area contributed by atoms with Gasteiger partial charge in [-0.25, -0.2) is 4.79 Å².